The summed E-state index contributed by atoms with van der Waals surface area (Å²) in [7, 11) is 2.24. The predicted octanol–water partition coefficient (Wildman–Crippen LogP) is 1.84. The number of quaternary nitrogens is 1. The summed E-state index contributed by atoms with van der Waals surface area (Å²) in [5.41, 5.74) is 4.00. The number of aryl methyl sites for hydroxylation is 1. The van der Waals surface area contributed by atoms with Gasteiger partial charge in [-0.25, -0.2) is 0 Å². The fourth-order valence-electron chi connectivity index (χ4n) is 3.00. The molecule has 126 valence electrons. The Bertz CT molecular complexity index is 671. The third kappa shape index (κ3) is 3.95. The number of benzene rings is 2. The summed E-state index contributed by atoms with van der Waals surface area (Å²) in [6.45, 7) is 6.62. The molecule has 1 amide bonds. The summed E-state index contributed by atoms with van der Waals surface area (Å²) in [5.74, 6) is -0.0615. The number of nitrogens with one attached hydrogen (secondary N) is 2. The number of hydrogen-bond donors (Lipinski definition) is 2. The van der Waals surface area contributed by atoms with E-state index < -0.39 is 0 Å². The monoisotopic (exact) mass is 324 g/mol. The Morgan fingerprint density at radius 1 is 1.04 bits per heavy atom. The molecule has 0 bridgehead atoms. The van der Waals surface area contributed by atoms with Crippen molar-refractivity contribution in [1.29, 1.82) is 0 Å². The number of nitrogens with zero attached hydrogens (tertiary/aromatic N) is 1. The summed E-state index contributed by atoms with van der Waals surface area (Å²) in [6.07, 6.45) is 0.983. The molecule has 0 aliphatic carbocycles. The van der Waals surface area contributed by atoms with Crippen LogP contribution in [0, 0.1) is 0 Å². The molecule has 1 fully saturated rings. The summed E-state index contributed by atoms with van der Waals surface area (Å²) in [5, 5.41) is 2.97. The molecule has 1 saturated heterocycles. The van der Waals surface area contributed by atoms with E-state index in [0.29, 0.717) is 5.56 Å². The maximum atomic E-state index is 12.3. The zero-order valence-corrected chi connectivity index (χ0v) is 14.5. The standard InChI is InChI=1S/C20H25N3O/c1-3-16-4-6-17(7-5-16)20(24)21-18-8-10-19(11-9-18)23-14-12-22(2)13-15-23/h4-11H,3,12-15H2,1-2H3,(H,21,24)/p+1. The second kappa shape index (κ2) is 7.49. The van der Waals surface area contributed by atoms with Gasteiger partial charge in [0.15, 0.2) is 0 Å². The first-order valence-electron chi connectivity index (χ1n) is 8.72. The largest absolute Gasteiger partial charge is 0.360 e. The predicted molar refractivity (Wildman–Crippen MR) is 99.0 cm³/mol. The zero-order chi connectivity index (χ0) is 16.9. The fourth-order valence-corrected chi connectivity index (χ4v) is 3.00. The van der Waals surface area contributed by atoms with Crippen LogP contribution in [0.2, 0.25) is 0 Å². The smallest absolute Gasteiger partial charge is 0.255 e. The Morgan fingerprint density at radius 3 is 2.25 bits per heavy atom. The first-order chi connectivity index (χ1) is 11.7. The molecule has 0 aromatic heterocycles. The number of amides is 1. The van der Waals surface area contributed by atoms with Crippen molar-refractivity contribution in [2.24, 2.45) is 0 Å². The normalized spacial score (nSPS) is 15.3. The van der Waals surface area contributed by atoms with Gasteiger partial charge in [-0.15, -0.1) is 0 Å². The van der Waals surface area contributed by atoms with Crippen LogP contribution in [0.25, 0.3) is 0 Å². The average Bonchev–Trinajstić information content (AvgIpc) is 2.63. The third-order valence-corrected chi connectivity index (χ3v) is 4.73. The summed E-state index contributed by atoms with van der Waals surface area (Å²) < 4.78 is 0. The maximum Gasteiger partial charge on any atom is 0.255 e. The molecule has 3 rings (SSSR count). The van der Waals surface area contributed by atoms with E-state index in [-0.39, 0.29) is 5.91 Å². The molecule has 1 aliphatic rings. The molecule has 1 aliphatic heterocycles. The van der Waals surface area contributed by atoms with Crippen LogP contribution in [0.1, 0.15) is 22.8 Å². The van der Waals surface area contributed by atoms with E-state index in [0.717, 1.165) is 25.2 Å². The number of piperazine rings is 1. The first kappa shape index (κ1) is 16.5. The Balaban J connectivity index is 1.62. The molecule has 0 unspecified atom stereocenters. The van der Waals surface area contributed by atoms with Gasteiger partial charge >= 0.3 is 0 Å². The number of hydrogen-bond acceptors (Lipinski definition) is 2. The van der Waals surface area contributed by atoms with Crippen molar-refractivity contribution < 1.29 is 9.69 Å². The summed E-state index contributed by atoms with van der Waals surface area (Å²) >= 11 is 0. The second-order valence-corrected chi connectivity index (χ2v) is 6.50. The van der Waals surface area contributed by atoms with Crippen molar-refractivity contribution in [1.82, 2.24) is 0 Å². The van der Waals surface area contributed by atoms with Crippen molar-refractivity contribution in [3.8, 4) is 0 Å². The second-order valence-electron chi connectivity index (χ2n) is 6.50. The van der Waals surface area contributed by atoms with Gasteiger partial charge in [0.05, 0.1) is 33.2 Å². The Labute approximate surface area is 144 Å². The van der Waals surface area contributed by atoms with Crippen LogP contribution in [0.4, 0.5) is 11.4 Å². The van der Waals surface area contributed by atoms with Crippen LogP contribution in [0.3, 0.4) is 0 Å². The van der Waals surface area contributed by atoms with Crippen LogP contribution in [0.15, 0.2) is 48.5 Å². The van der Waals surface area contributed by atoms with Crippen molar-refractivity contribution >= 4 is 17.3 Å². The molecule has 2 aromatic carbocycles. The van der Waals surface area contributed by atoms with Crippen LogP contribution in [-0.2, 0) is 6.42 Å². The fraction of sp³-hybridized carbons (Fsp3) is 0.350. The molecule has 4 nitrogen and oxygen atoms in total. The lowest BCUT2D eigenvalue weighted by molar-refractivity contribution is -0.880. The molecule has 0 radical (unpaired) electrons. The Morgan fingerprint density at radius 2 is 1.67 bits per heavy atom. The van der Waals surface area contributed by atoms with Gasteiger partial charge in [-0.1, -0.05) is 19.1 Å². The van der Waals surface area contributed by atoms with E-state index in [2.05, 4.69) is 36.3 Å². The molecule has 4 heteroatoms. The molecule has 1 heterocycles. The lowest BCUT2D eigenvalue weighted by atomic mass is 10.1. The van der Waals surface area contributed by atoms with E-state index in [1.165, 1.54) is 24.3 Å². The van der Waals surface area contributed by atoms with E-state index >= 15 is 0 Å². The molecular formula is C20H26N3O+. The van der Waals surface area contributed by atoms with Crippen molar-refractivity contribution in [3.05, 3.63) is 59.7 Å². The van der Waals surface area contributed by atoms with Gasteiger partial charge in [-0.2, -0.15) is 0 Å². The Hall–Kier alpha value is -2.33. The molecule has 2 N–H and O–H groups in total. The summed E-state index contributed by atoms with van der Waals surface area (Å²) in [6, 6.07) is 15.9. The highest BCUT2D eigenvalue weighted by molar-refractivity contribution is 6.04. The van der Waals surface area contributed by atoms with Gasteiger partial charge in [-0.05, 0) is 48.4 Å². The highest BCUT2D eigenvalue weighted by atomic mass is 16.1. The van der Waals surface area contributed by atoms with Crippen molar-refractivity contribution in [3.63, 3.8) is 0 Å². The lowest BCUT2D eigenvalue weighted by Gasteiger charge is -2.31. The number of rotatable bonds is 4. The molecule has 0 spiro atoms. The summed E-state index contributed by atoms with van der Waals surface area (Å²) in [4.78, 5) is 16.3. The number of likely N-dealkylation sites (N-methyl/N-ethyl adjacent to an activating group) is 1. The number of carbonyl (C=O) groups is 1. The molecule has 0 atom stereocenters. The molecular weight excluding hydrogens is 298 g/mol. The minimum Gasteiger partial charge on any atom is -0.360 e. The van der Waals surface area contributed by atoms with Crippen molar-refractivity contribution in [2.45, 2.75) is 13.3 Å². The zero-order valence-electron chi connectivity index (χ0n) is 14.5. The quantitative estimate of drug-likeness (QED) is 0.900. The van der Waals surface area contributed by atoms with Crippen LogP contribution in [-0.4, -0.2) is 39.1 Å². The number of carbonyl (C=O) groups excluding carboxylic acids is 1. The molecule has 0 saturated carbocycles. The highest BCUT2D eigenvalue weighted by Crippen LogP contribution is 2.18. The minimum absolute atomic E-state index is 0.0615. The Kier molecular flexibility index (Phi) is 5.16. The van der Waals surface area contributed by atoms with Crippen LogP contribution in [0.5, 0.6) is 0 Å². The van der Waals surface area contributed by atoms with Crippen LogP contribution < -0.4 is 15.1 Å². The maximum absolute atomic E-state index is 12.3. The van der Waals surface area contributed by atoms with E-state index in [4.69, 9.17) is 0 Å². The van der Waals surface area contributed by atoms with Gasteiger partial charge in [0.25, 0.3) is 5.91 Å². The van der Waals surface area contributed by atoms with Crippen molar-refractivity contribution in [2.75, 3.05) is 43.4 Å². The van der Waals surface area contributed by atoms with E-state index in [1.807, 2.05) is 36.4 Å². The van der Waals surface area contributed by atoms with Gasteiger partial charge in [0.2, 0.25) is 0 Å². The molecule has 24 heavy (non-hydrogen) atoms. The topological polar surface area (TPSA) is 36.8 Å². The van der Waals surface area contributed by atoms with Gasteiger partial charge in [0, 0.05) is 16.9 Å². The van der Waals surface area contributed by atoms with E-state index in [9.17, 15) is 4.79 Å². The molecule has 2 aromatic rings. The van der Waals surface area contributed by atoms with Gasteiger partial charge < -0.3 is 15.1 Å². The SMILES string of the molecule is CCc1ccc(C(=O)Nc2ccc(N3CC[NH+](C)CC3)cc2)cc1. The third-order valence-electron chi connectivity index (χ3n) is 4.73. The highest BCUT2D eigenvalue weighted by Gasteiger charge is 2.16. The minimum atomic E-state index is -0.0615. The lowest BCUT2D eigenvalue weighted by Crippen LogP contribution is -3.12. The number of anilines is 2. The van der Waals surface area contributed by atoms with Gasteiger partial charge in [0.1, 0.15) is 0 Å². The average molecular weight is 324 g/mol. The van der Waals surface area contributed by atoms with E-state index in [1.54, 1.807) is 4.90 Å². The van der Waals surface area contributed by atoms with Crippen LogP contribution >= 0.6 is 0 Å². The first-order valence-corrected chi connectivity index (χ1v) is 8.72. The van der Waals surface area contributed by atoms with Gasteiger partial charge in [-0.3, -0.25) is 4.79 Å².